The minimum atomic E-state index is -0.0807. The van der Waals surface area contributed by atoms with Crippen LogP contribution in [0.15, 0.2) is 45.3 Å². The first kappa shape index (κ1) is 14.0. The number of hydrogen-bond donors (Lipinski definition) is 0. The van der Waals surface area contributed by atoms with Crippen molar-refractivity contribution in [3.63, 3.8) is 0 Å². The normalized spacial score (nSPS) is 11.4. The lowest BCUT2D eigenvalue weighted by molar-refractivity contribution is 0.392. The molecule has 0 saturated heterocycles. The summed E-state index contributed by atoms with van der Waals surface area (Å²) < 4.78 is 8.45. The maximum atomic E-state index is 12.7. The minimum absolute atomic E-state index is 0.0807. The smallest absolute Gasteiger partial charge is 0.276 e. The lowest BCUT2D eigenvalue weighted by atomic mass is 10.2. The Bertz CT molecular complexity index is 1020. The van der Waals surface area contributed by atoms with Gasteiger partial charge in [-0.1, -0.05) is 11.2 Å². The molecular formula is C16H14N4O2S. The van der Waals surface area contributed by atoms with Gasteiger partial charge in [0.25, 0.3) is 5.56 Å². The van der Waals surface area contributed by atoms with Crippen LogP contribution >= 0.6 is 11.3 Å². The average Bonchev–Trinajstić information content (AvgIpc) is 3.25. The van der Waals surface area contributed by atoms with Crippen LogP contribution in [0.4, 0.5) is 0 Å². The van der Waals surface area contributed by atoms with Gasteiger partial charge >= 0.3 is 0 Å². The molecule has 0 radical (unpaired) electrons. The SMILES string of the molecule is Cc1noc(C)c1Cn1ccn2nc(-c3cccs3)cc2c1=O. The van der Waals surface area contributed by atoms with Gasteiger partial charge in [0, 0.05) is 18.0 Å². The fraction of sp³-hybridized carbons (Fsp3) is 0.188. The fourth-order valence-corrected chi connectivity index (χ4v) is 3.27. The molecule has 0 aliphatic carbocycles. The van der Waals surface area contributed by atoms with Crippen LogP contribution in [0.25, 0.3) is 16.1 Å². The van der Waals surface area contributed by atoms with Gasteiger partial charge in [-0.3, -0.25) is 4.79 Å². The highest BCUT2D eigenvalue weighted by Gasteiger charge is 2.13. The quantitative estimate of drug-likeness (QED) is 0.581. The number of rotatable bonds is 3. The lowest BCUT2D eigenvalue weighted by Gasteiger charge is -2.05. The van der Waals surface area contributed by atoms with Crippen LogP contribution in [0.3, 0.4) is 0 Å². The molecule has 0 amide bonds. The maximum absolute atomic E-state index is 12.7. The van der Waals surface area contributed by atoms with Crippen LogP contribution in [0.1, 0.15) is 17.0 Å². The molecule has 0 spiro atoms. The van der Waals surface area contributed by atoms with E-state index in [-0.39, 0.29) is 5.56 Å². The highest BCUT2D eigenvalue weighted by atomic mass is 32.1. The van der Waals surface area contributed by atoms with Crippen molar-refractivity contribution >= 4 is 16.9 Å². The minimum Gasteiger partial charge on any atom is -0.361 e. The molecule has 4 rings (SSSR count). The predicted molar refractivity (Wildman–Crippen MR) is 87.8 cm³/mol. The first-order valence-corrected chi connectivity index (χ1v) is 8.06. The summed E-state index contributed by atoms with van der Waals surface area (Å²) in [6.45, 7) is 4.17. The zero-order valence-electron chi connectivity index (χ0n) is 12.7. The molecule has 0 bridgehead atoms. The Balaban J connectivity index is 1.80. The summed E-state index contributed by atoms with van der Waals surface area (Å²) in [5, 5.41) is 10.4. The van der Waals surface area contributed by atoms with Gasteiger partial charge < -0.3 is 9.09 Å². The van der Waals surface area contributed by atoms with Gasteiger partial charge in [0.15, 0.2) is 0 Å². The Morgan fingerprint density at radius 2 is 2.17 bits per heavy atom. The molecule has 4 aromatic rings. The summed E-state index contributed by atoms with van der Waals surface area (Å²) in [4.78, 5) is 13.8. The Hall–Kier alpha value is -2.67. The molecule has 0 aliphatic heterocycles. The molecule has 0 unspecified atom stereocenters. The standard InChI is InChI=1S/C16H14N4O2S/c1-10-12(11(2)22-18-10)9-19-5-6-20-14(16(19)21)8-13(17-20)15-4-3-7-23-15/h3-8H,9H2,1-2H3. The van der Waals surface area contributed by atoms with E-state index in [1.807, 2.05) is 37.4 Å². The van der Waals surface area contributed by atoms with Gasteiger partial charge in [-0.2, -0.15) is 5.10 Å². The van der Waals surface area contributed by atoms with E-state index in [0.717, 1.165) is 27.6 Å². The van der Waals surface area contributed by atoms with E-state index in [4.69, 9.17) is 4.52 Å². The van der Waals surface area contributed by atoms with Crippen LogP contribution in [0.2, 0.25) is 0 Å². The zero-order chi connectivity index (χ0) is 16.0. The summed E-state index contributed by atoms with van der Waals surface area (Å²) >= 11 is 1.60. The van der Waals surface area contributed by atoms with Crippen LogP contribution in [-0.2, 0) is 6.54 Å². The number of thiophene rings is 1. The van der Waals surface area contributed by atoms with E-state index in [9.17, 15) is 4.79 Å². The number of fused-ring (bicyclic) bond motifs is 1. The summed E-state index contributed by atoms with van der Waals surface area (Å²) in [7, 11) is 0. The summed E-state index contributed by atoms with van der Waals surface area (Å²) in [6, 6.07) is 5.80. The molecule has 0 N–H and O–H groups in total. The molecule has 0 aromatic carbocycles. The summed E-state index contributed by atoms with van der Waals surface area (Å²) in [5.74, 6) is 0.738. The van der Waals surface area contributed by atoms with Crippen LogP contribution in [0, 0.1) is 13.8 Å². The Morgan fingerprint density at radius 3 is 2.87 bits per heavy atom. The molecule has 4 heterocycles. The molecule has 7 heteroatoms. The van der Waals surface area contributed by atoms with Gasteiger partial charge in [0.05, 0.1) is 17.1 Å². The first-order valence-electron chi connectivity index (χ1n) is 7.18. The third-order valence-electron chi connectivity index (χ3n) is 3.89. The monoisotopic (exact) mass is 326 g/mol. The van der Waals surface area contributed by atoms with Crippen molar-refractivity contribution in [1.29, 1.82) is 0 Å². The second kappa shape index (κ2) is 5.20. The average molecular weight is 326 g/mol. The van der Waals surface area contributed by atoms with Gasteiger partial charge in [-0.05, 0) is 31.4 Å². The highest BCUT2D eigenvalue weighted by Crippen LogP contribution is 2.23. The molecule has 0 aliphatic rings. The second-order valence-electron chi connectivity index (χ2n) is 5.37. The van der Waals surface area contributed by atoms with Crippen molar-refractivity contribution < 1.29 is 4.52 Å². The number of aromatic nitrogens is 4. The van der Waals surface area contributed by atoms with Crippen molar-refractivity contribution in [2.24, 2.45) is 0 Å². The summed E-state index contributed by atoms with van der Waals surface area (Å²) in [5.41, 5.74) is 3.04. The van der Waals surface area contributed by atoms with E-state index >= 15 is 0 Å². The molecule has 4 aromatic heterocycles. The largest absolute Gasteiger partial charge is 0.361 e. The van der Waals surface area contributed by atoms with Crippen LogP contribution < -0.4 is 5.56 Å². The van der Waals surface area contributed by atoms with Crippen molar-refractivity contribution in [2.45, 2.75) is 20.4 Å². The molecule has 0 atom stereocenters. The van der Waals surface area contributed by atoms with E-state index in [2.05, 4.69) is 10.3 Å². The number of nitrogens with zero attached hydrogens (tertiary/aromatic N) is 4. The van der Waals surface area contributed by atoms with Crippen molar-refractivity contribution in [3.8, 4) is 10.6 Å². The molecule has 0 saturated carbocycles. The molecule has 116 valence electrons. The Kier molecular flexibility index (Phi) is 3.16. The maximum Gasteiger partial charge on any atom is 0.276 e. The predicted octanol–water partition coefficient (Wildman–Crippen LogP) is 2.88. The van der Waals surface area contributed by atoms with Gasteiger partial charge in [0.2, 0.25) is 0 Å². The van der Waals surface area contributed by atoms with Crippen molar-refractivity contribution in [2.75, 3.05) is 0 Å². The Labute approximate surface area is 135 Å². The highest BCUT2D eigenvalue weighted by molar-refractivity contribution is 7.13. The van der Waals surface area contributed by atoms with E-state index in [1.165, 1.54) is 0 Å². The fourth-order valence-electron chi connectivity index (χ4n) is 2.59. The third kappa shape index (κ3) is 2.29. The van der Waals surface area contributed by atoms with Gasteiger partial charge in [-0.15, -0.1) is 11.3 Å². The Morgan fingerprint density at radius 1 is 1.30 bits per heavy atom. The van der Waals surface area contributed by atoms with Gasteiger partial charge in [0.1, 0.15) is 17.0 Å². The van der Waals surface area contributed by atoms with E-state index in [0.29, 0.717) is 12.1 Å². The molecular weight excluding hydrogens is 312 g/mol. The van der Waals surface area contributed by atoms with Crippen molar-refractivity contribution in [1.82, 2.24) is 19.3 Å². The first-order chi connectivity index (χ1) is 11.1. The van der Waals surface area contributed by atoms with Crippen LogP contribution in [0.5, 0.6) is 0 Å². The lowest BCUT2D eigenvalue weighted by Crippen LogP contribution is -2.22. The van der Waals surface area contributed by atoms with E-state index < -0.39 is 0 Å². The van der Waals surface area contributed by atoms with E-state index in [1.54, 1.807) is 32.8 Å². The zero-order valence-corrected chi connectivity index (χ0v) is 13.5. The third-order valence-corrected chi connectivity index (χ3v) is 4.78. The number of hydrogen-bond acceptors (Lipinski definition) is 5. The topological polar surface area (TPSA) is 65.3 Å². The molecule has 6 nitrogen and oxygen atoms in total. The molecule has 23 heavy (non-hydrogen) atoms. The molecule has 0 fully saturated rings. The summed E-state index contributed by atoms with van der Waals surface area (Å²) in [6.07, 6.45) is 3.54. The van der Waals surface area contributed by atoms with Crippen LogP contribution in [-0.4, -0.2) is 19.3 Å². The van der Waals surface area contributed by atoms with Crippen molar-refractivity contribution in [3.05, 3.63) is 63.3 Å². The van der Waals surface area contributed by atoms with Gasteiger partial charge in [-0.25, -0.2) is 4.52 Å². The number of aryl methyl sites for hydroxylation is 2. The second-order valence-corrected chi connectivity index (χ2v) is 6.32.